The number of carbonyl (C=O) groups is 1. The predicted octanol–water partition coefficient (Wildman–Crippen LogP) is 1.75. The molecule has 0 amide bonds. The number of aliphatic carboxylic acids is 1. The van der Waals surface area contributed by atoms with Crippen LogP contribution in [0.1, 0.15) is 18.0 Å². The summed E-state index contributed by atoms with van der Waals surface area (Å²) in [6.07, 6.45) is 0.724. The van der Waals surface area contributed by atoms with Crippen LogP contribution in [0.5, 0.6) is 0 Å². The molecule has 0 spiro atoms. The molecule has 2 atom stereocenters. The number of H-pyrrole nitrogens is 1. The molecule has 4 nitrogen and oxygen atoms in total. The number of aromatic amines is 1. The first-order valence-corrected chi connectivity index (χ1v) is 4.93. The Morgan fingerprint density at radius 1 is 1.47 bits per heavy atom. The van der Waals surface area contributed by atoms with Crippen molar-refractivity contribution in [1.29, 1.82) is 0 Å². The number of nitrogens with zero attached hydrogens (tertiary/aromatic N) is 1. The average molecular weight is 202 g/mol. The number of rotatable bonds is 2. The molecule has 2 aromatic rings. The molecule has 0 saturated heterocycles. The van der Waals surface area contributed by atoms with Gasteiger partial charge >= 0.3 is 5.97 Å². The number of hydrogen-bond acceptors (Lipinski definition) is 2. The summed E-state index contributed by atoms with van der Waals surface area (Å²) >= 11 is 0. The first kappa shape index (κ1) is 8.47. The molecule has 1 aromatic carbocycles. The van der Waals surface area contributed by atoms with E-state index < -0.39 is 5.97 Å². The van der Waals surface area contributed by atoms with E-state index in [0.717, 1.165) is 23.0 Å². The van der Waals surface area contributed by atoms with Crippen LogP contribution in [0.15, 0.2) is 24.3 Å². The molecule has 76 valence electrons. The highest BCUT2D eigenvalue weighted by Crippen LogP contribution is 2.48. The number of carboxylic acids is 1. The number of carboxylic acid groups (broad SMARTS) is 1. The number of nitrogens with one attached hydrogen (secondary N) is 1. The first-order valence-electron chi connectivity index (χ1n) is 4.93. The fourth-order valence-electron chi connectivity index (χ4n) is 2.05. The summed E-state index contributed by atoms with van der Waals surface area (Å²) in [5.74, 6) is -0.817. The smallest absolute Gasteiger partial charge is 0.307 e. The van der Waals surface area contributed by atoms with Crippen molar-refractivity contribution in [3.8, 4) is 0 Å². The second-order valence-corrected chi connectivity index (χ2v) is 3.94. The van der Waals surface area contributed by atoms with Gasteiger partial charge in [-0.3, -0.25) is 9.89 Å². The molecule has 0 aliphatic heterocycles. The Bertz CT molecular complexity index is 532. The van der Waals surface area contributed by atoms with Crippen LogP contribution in [0.2, 0.25) is 0 Å². The predicted molar refractivity (Wildman–Crippen MR) is 54.6 cm³/mol. The van der Waals surface area contributed by atoms with Crippen LogP contribution < -0.4 is 0 Å². The Morgan fingerprint density at radius 3 is 3.00 bits per heavy atom. The monoisotopic (exact) mass is 202 g/mol. The molecule has 0 radical (unpaired) electrons. The molecule has 3 rings (SSSR count). The van der Waals surface area contributed by atoms with Gasteiger partial charge in [0.1, 0.15) is 0 Å². The van der Waals surface area contributed by atoms with Gasteiger partial charge in [-0.15, -0.1) is 0 Å². The van der Waals surface area contributed by atoms with Crippen molar-refractivity contribution in [3.05, 3.63) is 30.0 Å². The van der Waals surface area contributed by atoms with Crippen LogP contribution >= 0.6 is 0 Å². The Balaban J connectivity index is 2.03. The second-order valence-electron chi connectivity index (χ2n) is 3.94. The van der Waals surface area contributed by atoms with E-state index in [1.165, 1.54) is 0 Å². The fourth-order valence-corrected chi connectivity index (χ4v) is 2.05. The van der Waals surface area contributed by atoms with E-state index in [0.29, 0.717) is 0 Å². The molecule has 1 aliphatic rings. The van der Waals surface area contributed by atoms with Crippen LogP contribution in [0.25, 0.3) is 10.9 Å². The normalized spacial score (nSPS) is 24.3. The van der Waals surface area contributed by atoms with Gasteiger partial charge < -0.3 is 5.11 Å². The lowest BCUT2D eigenvalue weighted by Crippen LogP contribution is -1.99. The minimum Gasteiger partial charge on any atom is -0.481 e. The van der Waals surface area contributed by atoms with E-state index >= 15 is 0 Å². The maximum atomic E-state index is 10.8. The van der Waals surface area contributed by atoms with Gasteiger partial charge in [-0.1, -0.05) is 18.2 Å². The molecule has 1 heterocycles. The zero-order valence-electron chi connectivity index (χ0n) is 7.97. The summed E-state index contributed by atoms with van der Waals surface area (Å²) < 4.78 is 0. The highest BCUT2D eigenvalue weighted by Gasteiger charge is 2.45. The van der Waals surface area contributed by atoms with Crippen molar-refractivity contribution in [2.24, 2.45) is 5.92 Å². The number of para-hydroxylation sites is 1. The zero-order valence-corrected chi connectivity index (χ0v) is 7.97. The van der Waals surface area contributed by atoms with Gasteiger partial charge in [-0.05, 0) is 12.5 Å². The second kappa shape index (κ2) is 2.82. The van der Waals surface area contributed by atoms with Gasteiger partial charge in [-0.2, -0.15) is 5.10 Å². The van der Waals surface area contributed by atoms with Crippen molar-refractivity contribution in [1.82, 2.24) is 10.2 Å². The molecule has 1 aliphatic carbocycles. The van der Waals surface area contributed by atoms with Gasteiger partial charge in [0.25, 0.3) is 0 Å². The standard InChI is InChI=1S/C11H10N2O2/c14-11(15)8-5-7(8)10-6-3-1-2-4-9(6)12-13-10/h1-4,7-8H,5H2,(H,12,13)(H,14,15). The number of aromatic nitrogens is 2. The first-order chi connectivity index (χ1) is 7.27. The van der Waals surface area contributed by atoms with Crippen LogP contribution in [-0.2, 0) is 4.79 Å². The van der Waals surface area contributed by atoms with Gasteiger partial charge in [0.05, 0.1) is 11.4 Å². The molecule has 1 fully saturated rings. The van der Waals surface area contributed by atoms with Crippen LogP contribution in [0.3, 0.4) is 0 Å². The highest BCUT2D eigenvalue weighted by molar-refractivity contribution is 5.84. The topological polar surface area (TPSA) is 66.0 Å². The molecule has 15 heavy (non-hydrogen) atoms. The Morgan fingerprint density at radius 2 is 2.27 bits per heavy atom. The summed E-state index contributed by atoms with van der Waals surface area (Å²) in [4.78, 5) is 10.8. The Labute approximate surface area is 85.9 Å². The lowest BCUT2D eigenvalue weighted by molar-refractivity contribution is -0.138. The van der Waals surface area contributed by atoms with Crippen LogP contribution in [0, 0.1) is 5.92 Å². The van der Waals surface area contributed by atoms with E-state index in [4.69, 9.17) is 5.11 Å². The van der Waals surface area contributed by atoms with Crippen molar-refractivity contribution in [2.45, 2.75) is 12.3 Å². The molecule has 4 heteroatoms. The van der Waals surface area contributed by atoms with E-state index in [1.807, 2.05) is 24.3 Å². The molecular formula is C11H10N2O2. The van der Waals surface area contributed by atoms with Crippen molar-refractivity contribution >= 4 is 16.9 Å². The number of benzene rings is 1. The minimum absolute atomic E-state index is 0.120. The van der Waals surface area contributed by atoms with Crippen LogP contribution in [0.4, 0.5) is 0 Å². The highest BCUT2D eigenvalue weighted by atomic mass is 16.4. The van der Waals surface area contributed by atoms with E-state index in [-0.39, 0.29) is 11.8 Å². The molecule has 1 aromatic heterocycles. The van der Waals surface area contributed by atoms with Gasteiger partial charge in [0, 0.05) is 17.0 Å². The van der Waals surface area contributed by atoms with Crippen molar-refractivity contribution in [3.63, 3.8) is 0 Å². The van der Waals surface area contributed by atoms with Crippen LogP contribution in [-0.4, -0.2) is 21.3 Å². The van der Waals surface area contributed by atoms with Crippen molar-refractivity contribution < 1.29 is 9.90 Å². The Kier molecular flexibility index (Phi) is 1.59. The van der Waals surface area contributed by atoms with Gasteiger partial charge in [0.2, 0.25) is 0 Å². The lowest BCUT2D eigenvalue weighted by Gasteiger charge is -1.94. The summed E-state index contributed by atoms with van der Waals surface area (Å²) in [5, 5.41) is 17.0. The Hall–Kier alpha value is -1.84. The third-order valence-electron chi connectivity index (χ3n) is 2.97. The summed E-state index contributed by atoms with van der Waals surface area (Å²) in [6, 6.07) is 7.77. The summed E-state index contributed by atoms with van der Waals surface area (Å²) in [7, 11) is 0. The van der Waals surface area contributed by atoms with Crippen molar-refractivity contribution in [2.75, 3.05) is 0 Å². The quantitative estimate of drug-likeness (QED) is 0.779. The number of hydrogen-bond donors (Lipinski definition) is 2. The average Bonchev–Trinajstić information content (AvgIpc) is 2.92. The number of fused-ring (bicyclic) bond motifs is 1. The molecular weight excluding hydrogens is 192 g/mol. The molecule has 0 bridgehead atoms. The largest absolute Gasteiger partial charge is 0.481 e. The van der Waals surface area contributed by atoms with Gasteiger partial charge in [-0.25, -0.2) is 0 Å². The molecule has 2 N–H and O–H groups in total. The SMILES string of the molecule is O=C(O)C1CC1c1[nH]nc2ccccc12. The summed E-state index contributed by atoms with van der Waals surface area (Å²) in [5.41, 5.74) is 1.88. The lowest BCUT2D eigenvalue weighted by atomic mass is 10.1. The third-order valence-corrected chi connectivity index (χ3v) is 2.97. The molecule has 1 saturated carbocycles. The maximum absolute atomic E-state index is 10.8. The zero-order chi connectivity index (χ0) is 10.4. The van der Waals surface area contributed by atoms with E-state index in [1.54, 1.807) is 0 Å². The molecule has 2 unspecified atom stereocenters. The minimum atomic E-state index is -0.710. The van der Waals surface area contributed by atoms with Gasteiger partial charge in [0.15, 0.2) is 0 Å². The third kappa shape index (κ3) is 1.21. The van der Waals surface area contributed by atoms with E-state index in [2.05, 4.69) is 10.2 Å². The fraction of sp³-hybridized carbons (Fsp3) is 0.273. The summed E-state index contributed by atoms with van der Waals surface area (Å²) in [6.45, 7) is 0. The van der Waals surface area contributed by atoms with E-state index in [9.17, 15) is 4.79 Å². The maximum Gasteiger partial charge on any atom is 0.307 e.